The van der Waals surface area contributed by atoms with Crippen molar-refractivity contribution in [1.29, 1.82) is 0 Å². The lowest BCUT2D eigenvalue weighted by Gasteiger charge is -2.12. The zero-order valence-electron chi connectivity index (χ0n) is 8.38. The number of rotatable bonds is 1. The average molecular weight is 278 g/mol. The standard InChI is InChI=1S/C11H7ClF3NS/c12-10-4-3-9(17-10)7-2-1-6(16)5-8(7)11(13,14)15/h1-5H,16H2. The number of hydrogen-bond donors (Lipinski definition) is 1. The van der Waals surface area contributed by atoms with Crippen LogP contribution in [-0.2, 0) is 6.18 Å². The first-order valence-corrected chi connectivity index (χ1v) is 5.80. The van der Waals surface area contributed by atoms with E-state index in [1.165, 1.54) is 12.1 Å². The highest BCUT2D eigenvalue weighted by Crippen LogP contribution is 2.41. The SMILES string of the molecule is Nc1ccc(-c2ccc(Cl)s2)c(C(F)(F)F)c1. The number of thiophene rings is 1. The Labute approximate surface area is 105 Å². The van der Waals surface area contributed by atoms with Crippen molar-refractivity contribution in [3.63, 3.8) is 0 Å². The molecular formula is C11H7ClF3NS. The zero-order chi connectivity index (χ0) is 12.6. The summed E-state index contributed by atoms with van der Waals surface area (Å²) >= 11 is 6.82. The molecule has 0 amide bonds. The molecule has 1 heterocycles. The van der Waals surface area contributed by atoms with Gasteiger partial charge >= 0.3 is 6.18 Å². The molecule has 0 bridgehead atoms. The Bertz CT molecular complexity index is 548. The molecule has 0 saturated carbocycles. The molecule has 0 aliphatic heterocycles. The summed E-state index contributed by atoms with van der Waals surface area (Å²) in [5.41, 5.74) is 4.83. The summed E-state index contributed by atoms with van der Waals surface area (Å²) < 4.78 is 39.0. The van der Waals surface area contributed by atoms with Gasteiger partial charge in [0.1, 0.15) is 0 Å². The minimum absolute atomic E-state index is 0.0868. The Hall–Kier alpha value is -1.20. The fraction of sp³-hybridized carbons (Fsp3) is 0.0909. The van der Waals surface area contributed by atoms with Crippen molar-refractivity contribution in [2.75, 3.05) is 5.73 Å². The monoisotopic (exact) mass is 277 g/mol. The van der Waals surface area contributed by atoms with Crippen molar-refractivity contribution in [2.24, 2.45) is 0 Å². The maximum absolute atomic E-state index is 12.8. The van der Waals surface area contributed by atoms with E-state index in [1.54, 1.807) is 12.1 Å². The van der Waals surface area contributed by atoms with E-state index in [2.05, 4.69) is 0 Å². The Morgan fingerprint density at radius 3 is 2.35 bits per heavy atom. The maximum Gasteiger partial charge on any atom is 0.417 e. The van der Waals surface area contributed by atoms with Crippen LogP contribution in [0.25, 0.3) is 10.4 Å². The Morgan fingerprint density at radius 2 is 1.82 bits per heavy atom. The summed E-state index contributed by atoms with van der Waals surface area (Å²) in [6, 6.07) is 6.87. The van der Waals surface area contributed by atoms with Gasteiger partial charge < -0.3 is 5.73 Å². The Morgan fingerprint density at radius 1 is 1.12 bits per heavy atom. The van der Waals surface area contributed by atoms with E-state index in [4.69, 9.17) is 17.3 Å². The number of nitrogen functional groups attached to an aromatic ring is 1. The minimum Gasteiger partial charge on any atom is -0.399 e. The average Bonchev–Trinajstić information content (AvgIpc) is 2.63. The molecular weight excluding hydrogens is 271 g/mol. The molecule has 0 unspecified atom stereocenters. The second-order valence-corrected chi connectivity index (χ2v) is 5.12. The van der Waals surface area contributed by atoms with E-state index >= 15 is 0 Å². The van der Waals surface area contributed by atoms with Gasteiger partial charge in [0.15, 0.2) is 0 Å². The van der Waals surface area contributed by atoms with E-state index in [9.17, 15) is 13.2 Å². The van der Waals surface area contributed by atoms with Crippen LogP contribution in [0.2, 0.25) is 4.34 Å². The summed E-state index contributed by atoms with van der Waals surface area (Å²) in [6.07, 6.45) is -4.43. The molecule has 6 heteroatoms. The van der Waals surface area contributed by atoms with Gasteiger partial charge in [-0.1, -0.05) is 17.7 Å². The molecule has 1 nitrogen and oxygen atoms in total. The highest BCUT2D eigenvalue weighted by Gasteiger charge is 2.34. The second kappa shape index (κ2) is 4.23. The molecule has 17 heavy (non-hydrogen) atoms. The second-order valence-electron chi connectivity index (χ2n) is 3.41. The quantitative estimate of drug-likeness (QED) is 0.753. The van der Waals surface area contributed by atoms with Gasteiger partial charge in [0.05, 0.1) is 9.90 Å². The number of alkyl halides is 3. The number of hydrogen-bond acceptors (Lipinski definition) is 2. The summed E-state index contributed by atoms with van der Waals surface area (Å²) in [6.45, 7) is 0. The minimum atomic E-state index is -4.43. The molecule has 0 fully saturated rings. The zero-order valence-corrected chi connectivity index (χ0v) is 9.96. The van der Waals surface area contributed by atoms with E-state index in [1.807, 2.05) is 0 Å². The predicted molar refractivity (Wildman–Crippen MR) is 64.2 cm³/mol. The van der Waals surface area contributed by atoms with Gasteiger partial charge in [-0.05, 0) is 24.3 Å². The van der Waals surface area contributed by atoms with Crippen molar-refractivity contribution < 1.29 is 13.2 Å². The molecule has 1 aromatic carbocycles. The smallest absolute Gasteiger partial charge is 0.399 e. The van der Waals surface area contributed by atoms with Crippen LogP contribution in [-0.4, -0.2) is 0 Å². The normalized spacial score (nSPS) is 11.8. The molecule has 0 spiro atoms. The summed E-state index contributed by atoms with van der Waals surface area (Å²) in [7, 11) is 0. The van der Waals surface area contributed by atoms with Crippen LogP contribution < -0.4 is 5.73 Å². The first kappa shape index (κ1) is 12.3. The molecule has 0 radical (unpaired) electrons. The van der Waals surface area contributed by atoms with Crippen LogP contribution in [0.5, 0.6) is 0 Å². The highest BCUT2D eigenvalue weighted by atomic mass is 35.5. The highest BCUT2D eigenvalue weighted by molar-refractivity contribution is 7.19. The third-order valence-electron chi connectivity index (χ3n) is 2.19. The van der Waals surface area contributed by atoms with Crippen molar-refractivity contribution >= 4 is 28.6 Å². The first-order valence-electron chi connectivity index (χ1n) is 4.60. The first-order chi connectivity index (χ1) is 7.88. The van der Waals surface area contributed by atoms with Crippen LogP contribution in [0.4, 0.5) is 18.9 Å². The van der Waals surface area contributed by atoms with Gasteiger partial charge in [-0.3, -0.25) is 0 Å². The molecule has 0 aliphatic rings. The van der Waals surface area contributed by atoms with Crippen LogP contribution in [0.3, 0.4) is 0 Å². The van der Waals surface area contributed by atoms with Crippen molar-refractivity contribution in [2.45, 2.75) is 6.18 Å². The lowest BCUT2D eigenvalue weighted by atomic mass is 10.0. The van der Waals surface area contributed by atoms with Gasteiger partial charge in [0, 0.05) is 16.1 Å². The third kappa shape index (κ3) is 2.56. The van der Waals surface area contributed by atoms with Crippen LogP contribution in [0, 0.1) is 0 Å². The molecule has 0 aliphatic carbocycles. The third-order valence-corrected chi connectivity index (χ3v) is 3.45. The van der Waals surface area contributed by atoms with Crippen molar-refractivity contribution in [3.05, 3.63) is 40.2 Å². The van der Waals surface area contributed by atoms with E-state index in [0.29, 0.717) is 9.21 Å². The van der Waals surface area contributed by atoms with Gasteiger partial charge in [-0.15, -0.1) is 11.3 Å². The van der Waals surface area contributed by atoms with Gasteiger partial charge in [0.2, 0.25) is 0 Å². The van der Waals surface area contributed by atoms with Crippen LogP contribution >= 0.6 is 22.9 Å². The Balaban J connectivity index is 2.61. The predicted octanol–water partition coefficient (Wildman–Crippen LogP) is 4.67. The lowest BCUT2D eigenvalue weighted by molar-refractivity contribution is -0.137. The maximum atomic E-state index is 12.8. The fourth-order valence-electron chi connectivity index (χ4n) is 1.47. The Kier molecular flexibility index (Phi) is 3.05. The topological polar surface area (TPSA) is 26.0 Å². The molecule has 1 aromatic heterocycles. The summed E-state index contributed by atoms with van der Waals surface area (Å²) in [5, 5.41) is 0. The van der Waals surface area contributed by atoms with Gasteiger partial charge in [0.25, 0.3) is 0 Å². The molecule has 2 rings (SSSR count). The van der Waals surface area contributed by atoms with Crippen molar-refractivity contribution in [1.82, 2.24) is 0 Å². The number of anilines is 1. The van der Waals surface area contributed by atoms with E-state index in [-0.39, 0.29) is 11.3 Å². The number of benzene rings is 1. The van der Waals surface area contributed by atoms with Crippen molar-refractivity contribution in [3.8, 4) is 10.4 Å². The largest absolute Gasteiger partial charge is 0.417 e. The van der Waals surface area contributed by atoms with E-state index < -0.39 is 11.7 Å². The van der Waals surface area contributed by atoms with Gasteiger partial charge in [-0.25, -0.2) is 0 Å². The fourth-order valence-corrected chi connectivity index (χ4v) is 2.55. The molecule has 0 saturated heterocycles. The molecule has 2 aromatic rings. The molecule has 0 atom stereocenters. The van der Waals surface area contributed by atoms with Crippen LogP contribution in [0.1, 0.15) is 5.56 Å². The molecule has 2 N–H and O–H groups in total. The summed E-state index contributed by atoms with van der Waals surface area (Å²) in [5.74, 6) is 0. The molecule has 90 valence electrons. The van der Waals surface area contributed by atoms with Gasteiger partial charge in [-0.2, -0.15) is 13.2 Å². The number of nitrogens with two attached hydrogens (primary N) is 1. The van der Waals surface area contributed by atoms with Crippen LogP contribution in [0.15, 0.2) is 30.3 Å². The number of halogens is 4. The van der Waals surface area contributed by atoms with E-state index in [0.717, 1.165) is 17.4 Å². The lowest BCUT2D eigenvalue weighted by Crippen LogP contribution is -2.07. The summed E-state index contributed by atoms with van der Waals surface area (Å²) in [4.78, 5) is 0.474.